The Balaban J connectivity index is 1.43. The van der Waals surface area contributed by atoms with Crippen LogP contribution in [0.25, 0.3) is 0 Å². The zero-order valence-electron chi connectivity index (χ0n) is 34.5. The summed E-state index contributed by atoms with van der Waals surface area (Å²) in [6, 6.07) is 12.5. The number of hydrogen-bond acceptors (Lipinski definition) is 11. The van der Waals surface area contributed by atoms with Crippen LogP contribution in [0.15, 0.2) is 48.5 Å². The number of likely N-dealkylation sites (N-methyl/N-ethyl adjacent to an activating group) is 1. The molecule has 0 aromatic heterocycles. The first kappa shape index (κ1) is 48.7. The van der Waals surface area contributed by atoms with Crippen LogP contribution in [0.4, 0.5) is 11.4 Å². The van der Waals surface area contributed by atoms with Gasteiger partial charge in [0.15, 0.2) is 6.10 Å². The fourth-order valence-corrected chi connectivity index (χ4v) is 6.41. The monoisotopic (exact) mass is 800 g/mol. The van der Waals surface area contributed by atoms with Crippen LogP contribution < -0.4 is 0 Å². The molecule has 1 unspecified atom stereocenters. The summed E-state index contributed by atoms with van der Waals surface area (Å²) >= 11 is 0. The maximum absolute atomic E-state index is 12.6. The maximum atomic E-state index is 12.6. The fourth-order valence-electron chi connectivity index (χ4n) is 6.41. The van der Waals surface area contributed by atoms with Gasteiger partial charge in [0.2, 0.25) is 0 Å². The number of carbonyl (C=O) groups excluding carboxylic acids is 3. The van der Waals surface area contributed by atoms with Gasteiger partial charge in [-0.15, -0.1) is 0 Å². The molecule has 0 saturated carbocycles. The van der Waals surface area contributed by atoms with Gasteiger partial charge in [0.05, 0.1) is 48.7 Å². The average Bonchev–Trinajstić information content (AvgIpc) is 3.16. The van der Waals surface area contributed by atoms with E-state index in [1.54, 1.807) is 36.4 Å². The van der Waals surface area contributed by atoms with E-state index in [0.717, 1.165) is 103 Å². The lowest BCUT2D eigenvalue weighted by Gasteiger charge is -2.29. The van der Waals surface area contributed by atoms with Gasteiger partial charge < -0.3 is 23.4 Å². The number of carbonyl (C=O) groups is 3. The zero-order chi connectivity index (χ0) is 41.7. The number of quaternary nitrogens is 1. The third-order valence-electron chi connectivity index (χ3n) is 9.44. The molecule has 57 heavy (non-hydrogen) atoms. The second-order valence-electron chi connectivity index (χ2n) is 15.7. The normalized spacial score (nSPS) is 11.8. The summed E-state index contributed by atoms with van der Waals surface area (Å²) in [5.74, 6) is -0.859. The first-order valence-corrected chi connectivity index (χ1v) is 20.7. The molecule has 0 N–H and O–H groups in total. The molecule has 0 aliphatic rings. The SMILES string of the molecule is C[N+](C)(C)CC(COCCCCCCCCCCC(=O)OCc1ccccc1[N+](=O)[O-])OC(=O)CCCCCCCCCCC(=O)OCc1ccccc1[N+](=O)[O-]. The minimum absolute atomic E-state index is 0.0422. The van der Waals surface area contributed by atoms with Gasteiger partial charge in [-0.3, -0.25) is 34.6 Å². The molecule has 0 radical (unpaired) electrons. The number of nitrogens with zero attached hydrogens (tertiary/aromatic N) is 3. The smallest absolute Gasteiger partial charge is 0.306 e. The molecule has 0 aliphatic carbocycles. The molecule has 0 heterocycles. The van der Waals surface area contributed by atoms with Gasteiger partial charge in [0.25, 0.3) is 11.4 Å². The second-order valence-corrected chi connectivity index (χ2v) is 15.7. The Morgan fingerprint density at radius 1 is 0.561 bits per heavy atom. The van der Waals surface area contributed by atoms with Crippen molar-refractivity contribution in [1.82, 2.24) is 0 Å². The number of esters is 3. The quantitative estimate of drug-likeness (QED) is 0.0168. The summed E-state index contributed by atoms with van der Waals surface area (Å²) in [5.41, 5.74) is 0.692. The van der Waals surface area contributed by atoms with E-state index < -0.39 is 9.85 Å². The van der Waals surface area contributed by atoms with Crippen molar-refractivity contribution in [2.75, 3.05) is 40.9 Å². The fraction of sp³-hybridized carbons (Fsp3) is 0.651. The summed E-state index contributed by atoms with van der Waals surface area (Å²) < 4.78 is 22.9. The van der Waals surface area contributed by atoms with Crippen molar-refractivity contribution < 1.29 is 47.7 Å². The highest BCUT2D eigenvalue weighted by atomic mass is 16.6. The van der Waals surface area contributed by atoms with Crippen LogP contribution in [-0.4, -0.2) is 79.2 Å². The average molecular weight is 801 g/mol. The van der Waals surface area contributed by atoms with E-state index in [2.05, 4.69) is 21.1 Å². The van der Waals surface area contributed by atoms with Gasteiger partial charge in [0, 0.05) is 38.0 Å². The molecule has 2 aromatic carbocycles. The number of benzene rings is 2. The van der Waals surface area contributed by atoms with Crippen molar-refractivity contribution in [2.24, 2.45) is 0 Å². The molecule has 14 nitrogen and oxygen atoms in total. The number of nitro groups is 2. The van der Waals surface area contributed by atoms with Crippen LogP contribution in [0, 0.1) is 20.2 Å². The summed E-state index contributed by atoms with van der Waals surface area (Å²) in [6.45, 7) is 1.51. The summed E-state index contributed by atoms with van der Waals surface area (Å²) in [7, 11) is 6.21. The highest BCUT2D eigenvalue weighted by molar-refractivity contribution is 5.70. The van der Waals surface area contributed by atoms with Gasteiger partial charge >= 0.3 is 17.9 Å². The molecule has 0 amide bonds. The lowest BCUT2D eigenvalue weighted by molar-refractivity contribution is -0.873. The van der Waals surface area contributed by atoms with Crippen molar-refractivity contribution in [3.8, 4) is 0 Å². The van der Waals surface area contributed by atoms with E-state index in [0.29, 0.717) is 54.6 Å². The molecule has 2 aromatic rings. The van der Waals surface area contributed by atoms with E-state index >= 15 is 0 Å². The van der Waals surface area contributed by atoms with Crippen molar-refractivity contribution in [2.45, 2.75) is 141 Å². The standard InChI is InChI=1S/C43H66N3O11/c1-46(2,3)32-38(35-54-31-23-15-11-7-6-9-13-17-29-42(48)56-34-37-25-20-22-27-40(37)45(52)53)57-43(49)30-18-14-10-5-4-8-12-16-28-41(47)55-33-36-24-19-21-26-39(36)44(50)51/h19-22,24-27,38H,4-18,23,28-35H2,1-3H3/q+1. The summed E-state index contributed by atoms with van der Waals surface area (Å²) in [6.07, 6.45) is 16.4. The van der Waals surface area contributed by atoms with E-state index in [-0.39, 0.29) is 48.6 Å². The van der Waals surface area contributed by atoms with Crippen LogP contribution >= 0.6 is 0 Å². The van der Waals surface area contributed by atoms with Crippen molar-refractivity contribution in [1.29, 1.82) is 0 Å². The maximum Gasteiger partial charge on any atom is 0.306 e. The Labute approximate surface area is 338 Å². The van der Waals surface area contributed by atoms with Gasteiger partial charge in [-0.05, 0) is 37.8 Å². The van der Waals surface area contributed by atoms with Gasteiger partial charge in [-0.1, -0.05) is 101 Å². The number of hydrogen-bond donors (Lipinski definition) is 0. The first-order valence-electron chi connectivity index (χ1n) is 20.7. The first-order chi connectivity index (χ1) is 27.4. The molecular formula is C43H66N3O11+. The second kappa shape index (κ2) is 28.9. The number of nitro benzene ring substituents is 2. The Morgan fingerprint density at radius 3 is 1.33 bits per heavy atom. The van der Waals surface area contributed by atoms with E-state index in [9.17, 15) is 34.6 Å². The van der Waals surface area contributed by atoms with Gasteiger partial charge in [0.1, 0.15) is 19.8 Å². The molecular weight excluding hydrogens is 734 g/mol. The lowest BCUT2D eigenvalue weighted by atomic mass is 10.1. The Morgan fingerprint density at radius 2 is 0.930 bits per heavy atom. The lowest BCUT2D eigenvalue weighted by Crippen LogP contribution is -2.44. The largest absolute Gasteiger partial charge is 0.461 e. The van der Waals surface area contributed by atoms with Crippen LogP contribution in [0.3, 0.4) is 0 Å². The van der Waals surface area contributed by atoms with Crippen molar-refractivity contribution in [3.05, 3.63) is 79.9 Å². The molecule has 0 fully saturated rings. The molecule has 0 spiro atoms. The molecule has 2 rings (SSSR count). The highest BCUT2D eigenvalue weighted by Crippen LogP contribution is 2.20. The number of rotatable bonds is 33. The van der Waals surface area contributed by atoms with E-state index in [1.807, 2.05) is 0 Å². The molecule has 1 atom stereocenters. The minimum Gasteiger partial charge on any atom is -0.461 e. The third kappa shape index (κ3) is 24.1. The molecule has 0 bridgehead atoms. The Kier molecular flexibility index (Phi) is 24.7. The zero-order valence-corrected chi connectivity index (χ0v) is 34.5. The van der Waals surface area contributed by atoms with Gasteiger partial charge in [-0.25, -0.2) is 0 Å². The van der Waals surface area contributed by atoms with E-state index in [4.69, 9.17) is 18.9 Å². The van der Waals surface area contributed by atoms with Crippen LogP contribution in [0.1, 0.15) is 133 Å². The Hall–Kier alpha value is -4.43. The van der Waals surface area contributed by atoms with Crippen LogP contribution in [-0.2, 0) is 46.5 Å². The number of ether oxygens (including phenoxy) is 4. The number of para-hydroxylation sites is 2. The molecule has 318 valence electrons. The summed E-state index contributed by atoms with van der Waals surface area (Å²) in [5, 5.41) is 22.2. The van der Waals surface area contributed by atoms with Gasteiger partial charge in [-0.2, -0.15) is 0 Å². The number of unbranched alkanes of at least 4 members (excludes halogenated alkanes) is 14. The molecule has 14 heteroatoms. The summed E-state index contributed by atoms with van der Waals surface area (Å²) in [4.78, 5) is 58.0. The van der Waals surface area contributed by atoms with E-state index in [1.165, 1.54) is 12.1 Å². The van der Waals surface area contributed by atoms with Crippen LogP contribution in [0.2, 0.25) is 0 Å². The molecule has 0 saturated heterocycles. The van der Waals surface area contributed by atoms with Crippen molar-refractivity contribution in [3.63, 3.8) is 0 Å². The van der Waals surface area contributed by atoms with Crippen LogP contribution in [0.5, 0.6) is 0 Å². The highest BCUT2D eigenvalue weighted by Gasteiger charge is 2.22. The predicted molar refractivity (Wildman–Crippen MR) is 217 cm³/mol. The topological polar surface area (TPSA) is 174 Å². The Bertz CT molecular complexity index is 1490. The molecule has 0 aliphatic heterocycles. The minimum atomic E-state index is -0.476. The van der Waals surface area contributed by atoms with Crippen molar-refractivity contribution >= 4 is 29.3 Å². The third-order valence-corrected chi connectivity index (χ3v) is 9.44. The predicted octanol–water partition coefficient (Wildman–Crippen LogP) is 9.34.